The van der Waals surface area contributed by atoms with E-state index in [1.54, 1.807) is 0 Å². The van der Waals surface area contributed by atoms with Crippen molar-refractivity contribution in [3.63, 3.8) is 0 Å². The maximum atomic E-state index is 11.6. The molecule has 1 fully saturated rings. The highest BCUT2D eigenvalue weighted by atomic mass is 16.2. The van der Waals surface area contributed by atoms with Gasteiger partial charge in [-0.05, 0) is 25.8 Å². The van der Waals surface area contributed by atoms with Gasteiger partial charge in [0.1, 0.15) is 0 Å². The van der Waals surface area contributed by atoms with Crippen LogP contribution in [0.4, 0.5) is 0 Å². The van der Waals surface area contributed by atoms with E-state index in [9.17, 15) is 9.90 Å². The zero-order valence-electron chi connectivity index (χ0n) is 10.3. The summed E-state index contributed by atoms with van der Waals surface area (Å²) in [4.78, 5) is 15.9. The Morgan fingerprint density at radius 2 is 1.81 bits per heavy atom. The van der Waals surface area contributed by atoms with Gasteiger partial charge in [0, 0.05) is 32.6 Å². The van der Waals surface area contributed by atoms with E-state index in [2.05, 4.69) is 4.90 Å². The van der Waals surface area contributed by atoms with Crippen molar-refractivity contribution in [2.45, 2.75) is 32.6 Å². The molecular weight excluding hydrogens is 204 g/mol. The van der Waals surface area contributed by atoms with Crippen LogP contribution in [0.5, 0.6) is 0 Å². The molecule has 0 bridgehead atoms. The van der Waals surface area contributed by atoms with Crippen molar-refractivity contribution in [2.75, 3.05) is 39.3 Å². The lowest BCUT2D eigenvalue weighted by Crippen LogP contribution is -2.48. The highest BCUT2D eigenvalue weighted by molar-refractivity contribution is 5.76. The minimum atomic E-state index is 0.0367. The zero-order chi connectivity index (χ0) is 11.8. The molecule has 1 aliphatic heterocycles. The largest absolute Gasteiger partial charge is 0.340 e. The summed E-state index contributed by atoms with van der Waals surface area (Å²) in [5, 5.41) is 10.3. The van der Waals surface area contributed by atoms with Crippen LogP contribution in [0.3, 0.4) is 0 Å². The molecule has 1 aliphatic rings. The quantitative estimate of drug-likeness (QED) is 0.639. The molecular formula is C12H23N2O2. The number of carbonyl (C=O) groups excluding carboxylic acids is 1. The smallest absolute Gasteiger partial charge is 0.222 e. The Balaban J connectivity index is 2.15. The lowest BCUT2D eigenvalue weighted by molar-refractivity contribution is -0.132. The molecule has 0 aliphatic carbocycles. The average Bonchev–Trinajstić information content (AvgIpc) is 2.30. The molecule has 4 heteroatoms. The van der Waals surface area contributed by atoms with E-state index in [0.717, 1.165) is 52.0 Å². The first-order chi connectivity index (χ1) is 7.77. The summed E-state index contributed by atoms with van der Waals surface area (Å²) >= 11 is 0. The van der Waals surface area contributed by atoms with Gasteiger partial charge in [-0.3, -0.25) is 9.69 Å². The predicted octanol–water partition coefficient (Wildman–Crippen LogP) is 1.14. The molecule has 1 radical (unpaired) electrons. The van der Waals surface area contributed by atoms with Crippen LogP contribution in [0.15, 0.2) is 0 Å². The molecule has 0 unspecified atom stereocenters. The number of piperazine rings is 1. The van der Waals surface area contributed by atoms with Crippen LogP contribution in [0.1, 0.15) is 32.6 Å². The van der Waals surface area contributed by atoms with Crippen LogP contribution in [0, 0.1) is 0 Å². The summed E-state index contributed by atoms with van der Waals surface area (Å²) < 4.78 is 0. The number of hydrogen-bond donors (Lipinski definition) is 0. The van der Waals surface area contributed by atoms with E-state index in [1.165, 1.54) is 0 Å². The lowest BCUT2D eigenvalue weighted by Gasteiger charge is -2.34. The van der Waals surface area contributed by atoms with Gasteiger partial charge < -0.3 is 4.90 Å². The molecule has 0 aromatic rings. The second-order valence-electron chi connectivity index (χ2n) is 4.38. The minimum Gasteiger partial charge on any atom is -0.340 e. The molecule has 0 atom stereocenters. The molecule has 0 aromatic carbocycles. The van der Waals surface area contributed by atoms with Crippen LogP contribution in [0.2, 0.25) is 0 Å². The molecule has 1 heterocycles. The van der Waals surface area contributed by atoms with Crippen LogP contribution < -0.4 is 0 Å². The van der Waals surface area contributed by atoms with E-state index in [4.69, 9.17) is 0 Å². The van der Waals surface area contributed by atoms with E-state index in [0.29, 0.717) is 12.3 Å². The number of amides is 1. The van der Waals surface area contributed by atoms with Gasteiger partial charge in [0.2, 0.25) is 5.91 Å². The van der Waals surface area contributed by atoms with Crippen LogP contribution in [0.25, 0.3) is 0 Å². The second kappa shape index (κ2) is 7.63. The predicted molar refractivity (Wildman–Crippen MR) is 62.7 cm³/mol. The van der Waals surface area contributed by atoms with Gasteiger partial charge in [0.15, 0.2) is 0 Å². The van der Waals surface area contributed by atoms with Crippen LogP contribution in [-0.2, 0) is 9.90 Å². The van der Waals surface area contributed by atoms with Gasteiger partial charge in [-0.1, -0.05) is 6.92 Å². The van der Waals surface area contributed by atoms with Crippen molar-refractivity contribution >= 4 is 5.91 Å². The summed E-state index contributed by atoms with van der Waals surface area (Å²) in [5.74, 6) is 0.293. The lowest BCUT2D eigenvalue weighted by atomic mass is 10.2. The third-order valence-corrected chi connectivity index (χ3v) is 3.06. The maximum Gasteiger partial charge on any atom is 0.222 e. The Bertz CT molecular complexity index is 201. The van der Waals surface area contributed by atoms with Gasteiger partial charge in [-0.2, -0.15) is 0 Å². The fraction of sp³-hybridized carbons (Fsp3) is 0.917. The molecule has 0 aromatic heterocycles. The molecule has 93 valence electrons. The summed E-state index contributed by atoms with van der Waals surface area (Å²) in [5.41, 5.74) is 0. The first kappa shape index (κ1) is 13.5. The first-order valence-corrected chi connectivity index (χ1v) is 6.36. The Labute approximate surface area is 98.2 Å². The monoisotopic (exact) mass is 227 g/mol. The summed E-state index contributed by atoms with van der Waals surface area (Å²) in [6.07, 6.45) is 3.38. The summed E-state index contributed by atoms with van der Waals surface area (Å²) in [6, 6.07) is 0. The van der Waals surface area contributed by atoms with Gasteiger partial charge >= 0.3 is 0 Å². The second-order valence-corrected chi connectivity index (χ2v) is 4.38. The van der Waals surface area contributed by atoms with Gasteiger partial charge in [-0.25, -0.2) is 5.11 Å². The Kier molecular flexibility index (Phi) is 6.42. The number of nitrogens with zero attached hydrogens (tertiary/aromatic N) is 2. The Morgan fingerprint density at radius 3 is 2.38 bits per heavy atom. The number of hydrogen-bond acceptors (Lipinski definition) is 2. The highest BCUT2D eigenvalue weighted by Gasteiger charge is 2.19. The van der Waals surface area contributed by atoms with E-state index < -0.39 is 0 Å². The minimum absolute atomic E-state index is 0.0367. The third kappa shape index (κ3) is 4.49. The van der Waals surface area contributed by atoms with Crippen LogP contribution in [-0.4, -0.2) is 55.0 Å². The van der Waals surface area contributed by atoms with Gasteiger partial charge in [-0.15, -0.1) is 0 Å². The number of carbonyl (C=O) groups is 1. The molecule has 16 heavy (non-hydrogen) atoms. The first-order valence-electron chi connectivity index (χ1n) is 6.36. The topological polar surface area (TPSA) is 43.5 Å². The van der Waals surface area contributed by atoms with E-state index in [-0.39, 0.29) is 6.61 Å². The number of rotatable bonds is 6. The Hall–Kier alpha value is -0.610. The molecule has 1 saturated heterocycles. The fourth-order valence-corrected chi connectivity index (χ4v) is 2.03. The van der Waals surface area contributed by atoms with Gasteiger partial charge in [0.05, 0.1) is 6.61 Å². The van der Waals surface area contributed by atoms with Gasteiger partial charge in [0.25, 0.3) is 0 Å². The van der Waals surface area contributed by atoms with Crippen molar-refractivity contribution < 1.29 is 9.90 Å². The molecule has 0 spiro atoms. The van der Waals surface area contributed by atoms with Crippen molar-refractivity contribution in [2.24, 2.45) is 0 Å². The van der Waals surface area contributed by atoms with Crippen molar-refractivity contribution in [1.82, 2.24) is 9.80 Å². The maximum absolute atomic E-state index is 11.6. The van der Waals surface area contributed by atoms with Crippen molar-refractivity contribution in [3.05, 3.63) is 0 Å². The molecule has 0 N–H and O–H groups in total. The summed E-state index contributed by atoms with van der Waals surface area (Å²) in [7, 11) is 0. The fourth-order valence-electron chi connectivity index (χ4n) is 2.03. The molecule has 4 nitrogen and oxygen atoms in total. The normalized spacial score (nSPS) is 17.8. The van der Waals surface area contributed by atoms with Crippen LogP contribution >= 0.6 is 0 Å². The molecule has 0 saturated carbocycles. The standard InChI is InChI=1S/C12H23N2O2/c1-2-5-12(16)14-9-7-13(8-10-14)6-3-4-11-15/h2-11H2,1H3. The Morgan fingerprint density at radius 1 is 1.12 bits per heavy atom. The van der Waals surface area contributed by atoms with Crippen molar-refractivity contribution in [1.29, 1.82) is 0 Å². The SMILES string of the molecule is CCCC(=O)N1CCN(CCCC[O])CC1. The van der Waals surface area contributed by atoms with E-state index >= 15 is 0 Å². The van der Waals surface area contributed by atoms with E-state index in [1.807, 2.05) is 11.8 Å². The average molecular weight is 227 g/mol. The highest BCUT2D eigenvalue weighted by Crippen LogP contribution is 2.06. The molecule has 1 amide bonds. The zero-order valence-corrected chi connectivity index (χ0v) is 10.3. The van der Waals surface area contributed by atoms with Crippen molar-refractivity contribution in [3.8, 4) is 0 Å². The molecule has 1 rings (SSSR count). The third-order valence-electron chi connectivity index (χ3n) is 3.06. The number of unbranched alkanes of at least 4 members (excludes halogenated alkanes) is 1. The summed E-state index contributed by atoms with van der Waals surface area (Å²) in [6.45, 7) is 6.74.